The number of aromatic nitrogens is 4. The summed E-state index contributed by atoms with van der Waals surface area (Å²) < 4.78 is 2.60. The van der Waals surface area contributed by atoms with Gasteiger partial charge in [-0.1, -0.05) is 11.6 Å². The fraction of sp³-hybridized carbons (Fsp3) is 0.182. The maximum absolute atomic E-state index is 6.20. The van der Waals surface area contributed by atoms with Gasteiger partial charge in [0.15, 0.2) is 0 Å². The number of imidazole rings is 1. The molecular formula is C11H9ClN4S. The van der Waals surface area contributed by atoms with Crippen LogP contribution in [0.2, 0.25) is 4.34 Å². The van der Waals surface area contributed by atoms with Gasteiger partial charge in [-0.3, -0.25) is 4.40 Å². The Labute approximate surface area is 107 Å². The molecule has 6 heteroatoms. The number of hydrogen-bond donors (Lipinski definition) is 0. The number of aryl methyl sites for hydroxylation is 2. The van der Waals surface area contributed by atoms with E-state index in [2.05, 4.69) is 15.0 Å². The Balaban J connectivity index is 2.37. The zero-order chi connectivity index (χ0) is 12.0. The summed E-state index contributed by atoms with van der Waals surface area (Å²) in [5.74, 6) is 0.668. The van der Waals surface area contributed by atoms with Crippen molar-refractivity contribution in [2.75, 3.05) is 0 Å². The van der Waals surface area contributed by atoms with Crippen LogP contribution in [0.5, 0.6) is 0 Å². The molecule has 0 atom stereocenters. The first-order chi connectivity index (χ1) is 8.16. The number of hydrogen-bond acceptors (Lipinski definition) is 4. The molecule has 0 fully saturated rings. The SMILES string of the molecule is Cc1nc(-c2c(C)nc3ncccn23)c(Cl)s1. The second-order valence-corrected chi connectivity index (χ2v) is 5.50. The minimum absolute atomic E-state index is 0.668. The van der Waals surface area contributed by atoms with Crippen LogP contribution in [0.4, 0.5) is 0 Å². The summed E-state index contributed by atoms with van der Waals surface area (Å²) in [6.07, 6.45) is 3.64. The van der Waals surface area contributed by atoms with E-state index in [4.69, 9.17) is 11.6 Å². The Hall–Kier alpha value is -1.46. The van der Waals surface area contributed by atoms with E-state index in [1.54, 1.807) is 6.20 Å². The second kappa shape index (κ2) is 3.78. The molecule has 0 aliphatic heterocycles. The van der Waals surface area contributed by atoms with E-state index in [-0.39, 0.29) is 0 Å². The molecule has 0 unspecified atom stereocenters. The summed E-state index contributed by atoms with van der Waals surface area (Å²) in [5, 5.41) is 0.947. The third-order valence-corrected chi connectivity index (χ3v) is 3.66. The molecule has 86 valence electrons. The van der Waals surface area contributed by atoms with Crippen LogP contribution in [0, 0.1) is 13.8 Å². The molecule has 0 radical (unpaired) electrons. The summed E-state index contributed by atoms with van der Waals surface area (Å²) in [7, 11) is 0. The van der Waals surface area contributed by atoms with Crippen molar-refractivity contribution in [3.63, 3.8) is 0 Å². The normalized spacial score (nSPS) is 11.2. The molecule has 3 rings (SSSR count). The van der Waals surface area contributed by atoms with Gasteiger partial charge in [0.1, 0.15) is 10.0 Å². The lowest BCUT2D eigenvalue weighted by Crippen LogP contribution is -1.91. The van der Waals surface area contributed by atoms with E-state index in [9.17, 15) is 0 Å². The average Bonchev–Trinajstić information content (AvgIpc) is 2.77. The van der Waals surface area contributed by atoms with Crippen molar-refractivity contribution in [1.82, 2.24) is 19.4 Å². The van der Waals surface area contributed by atoms with Crippen molar-refractivity contribution in [2.45, 2.75) is 13.8 Å². The van der Waals surface area contributed by atoms with E-state index in [1.165, 1.54) is 11.3 Å². The zero-order valence-electron chi connectivity index (χ0n) is 9.31. The second-order valence-electron chi connectivity index (χ2n) is 3.69. The lowest BCUT2D eigenvalue weighted by atomic mass is 10.3. The molecule has 3 aromatic heterocycles. The van der Waals surface area contributed by atoms with Crippen LogP contribution in [-0.2, 0) is 0 Å². The first kappa shape index (κ1) is 10.7. The van der Waals surface area contributed by atoms with Gasteiger partial charge in [-0.15, -0.1) is 11.3 Å². The minimum Gasteiger partial charge on any atom is -0.282 e. The van der Waals surface area contributed by atoms with E-state index in [0.717, 1.165) is 22.1 Å². The molecule has 0 N–H and O–H groups in total. The summed E-state index contributed by atoms with van der Waals surface area (Å²) in [5.41, 5.74) is 2.59. The molecule has 0 amide bonds. The van der Waals surface area contributed by atoms with Gasteiger partial charge in [-0.2, -0.15) is 0 Å². The molecule has 0 aliphatic carbocycles. The molecule has 3 aromatic rings. The Bertz CT molecular complexity index is 701. The fourth-order valence-electron chi connectivity index (χ4n) is 1.83. The molecule has 0 bridgehead atoms. The molecule has 4 nitrogen and oxygen atoms in total. The summed E-state index contributed by atoms with van der Waals surface area (Å²) >= 11 is 7.68. The maximum atomic E-state index is 6.20. The van der Waals surface area contributed by atoms with Crippen LogP contribution >= 0.6 is 22.9 Å². The Morgan fingerprint density at radius 2 is 2.12 bits per heavy atom. The summed E-state index contributed by atoms with van der Waals surface area (Å²) in [6, 6.07) is 1.87. The van der Waals surface area contributed by atoms with Gasteiger partial charge in [0.05, 0.1) is 16.4 Å². The predicted octanol–water partition coefficient (Wildman–Crippen LogP) is 3.12. The highest BCUT2D eigenvalue weighted by atomic mass is 35.5. The number of nitrogens with zero attached hydrogens (tertiary/aromatic N) is 4. The topological polar surface area (TPSA) is 43.1 Å². The van der Waals surface area contributed by atoms with Crippen molar-refractivity contribution in [3.8, 4) is 11.4 Å². The van der Waals surface area contributed by atoms with Crippen LogP contribution in [0.3, 0.4) is 0 Å². The van der Waals surface area contributed by atoms with Crippen molar-refractivity contribution < 1.29 is 0 Å². The Kier molecular flexibility index (Phi) is 2.38. The van der Waals surface area contributed by atoms with Crippen molar-refractivity contribution in [2.24, 2.45) is 0 Å². The molecule has 0 saturated carbocycles. The Morgan fingerprint density at radius 1 is 1.29 bits per heavy atom. The van der Waals surface area contributed by atoms with Crippen LogP contribution in [0.1, 0.15) is 10.7 Å². The van der Waals surface area contributed by atoms with Gasteiger partial charge in [0, 0.05) is 12.4 Å². The zero-order valence-corrected chi connectivity index (χ0v) is 10.9. The molecule has 0 aliphatic rings. The van der Waals surface area contributed by atoms with E-state index in [1.807, 2.05) is 30.5 Å². The predicted molar refractivity (Wildman–Crippen MR) is 68.6 cm³/mol. The average molecular weight is 265 g/mol. The van der Waals surface area contributed by atoms with Gasteiger partial charge in [-0.05, 0) is 19.9 Å². The smallest absolute Gasteiger partial charge is 0.234 e. The van der Waals surface area contributed by atoms with Gasteiger partial charge in [0.25, 0.3) is 0 Å². The van der Waals surface area contributed by atoms with Crippen molar-refractivity contribution in [1.29, 1.82) is 0 Å². The molecular weight excluding hydrogens is 256 g/mol. The fourth-order valence-corrected chi connectivity index (χ4v) is 2.93. The van der Waals surface area contributed by atoms with Crippen LogP contribution in [0.15, 0.2) is 18.5 Å². The van der Waals surface area contributed by atoms with Gasteiger partial charge < -0.3 is 0 Å². The first-order valence-corrected chi connectivity index (χ1v) is 6.29. The minimum atomic E-state index is 0.668. The highest BCUT2D eigenvalue weighted by Gasteiger charge is 2.17. The van der Waals surface area contributed by atoms with E-state index < -0.39 is 0 Å². The third-order valence-electron chi connectivity index (χ3n) is 2.50. The van der Waals surface area contributed by atoms with Crippen molar-refractivity contribution >= 4 is 28.7 Å². The van der Waals surface area contributed by atoms with E-state index in [0.29, 0.717) is 10.1 Å². The Morgan fingerprint density at radius 3 is 2.82 bits per heavy atom. The molecule has 0 spiro atoms. The number of rotatable bonds is 1. The standard InChI is InChI=1S/C11H9ClN4S/c1-6-9(8-10(12)17-7(2)15-8)16-5-3-4-13-11(16)14-6/h3-5H,1-2H3. The number of fused-ring (bicyclic) bond motifs is 1. The maximum Gasteiger partial charge on any atom is 0.234 e. The molecule has 17 heavy (non-hydrogen) atoms. The monoisotopic (exact) mass is 264 g/mol. The highest BCUT2D eigenvalue weighted by Crippen LogP contribution is 2.34. The van der Waals surface area contributed by atoms with Gasteiger partial charge in [-0.25, -0.2) is 15.0 Å². The largest absolute Gasteiger partial charge is 0.282 e. The van der Waals surface area contributed by atoms with Gasteiger partial charge in [0.2, 0.25) is 5.78 Å². The van der Waals surface area contributed by atoms with E-state index >= 15 is 0 Å². The molecule has 0 saturated heterocycles. The van der Waals surface area contributed by atoms with Crippen LogP contribution in [0.25, 0.3) is 17.2 Å². The lowest BCUT2D eigenvalue weighted by Gasteiger charge is -1.99. The summed E-state index contributed by atoms with van der Waals surface area (Å²) in [6.45, 7) is 3.88. The molecule has 3 heterocycles. The quantitative estimate of drug-likeness (QED) is 0.678. The first-order valence-electron chi connectivity index (χ1n) is 5.10. The van der Waals surface area contributed by atoms with Crippen molar-refractivity contribution in [3.05, 3.63) is 33.5 Å². The number of thiazole rings is 1. The van der Waals surface area contributed by atoms with Gasteiger partial charge >= 0.3 is 0 Å². The number of halogens is 1. The summed E-state index contributed by atoms with van der Waals surface area (Å²) in [4.78, 5) is 13.1. The third kappa shape index (κ3) is 1.62. The highest BCUT2D eigenvalue weighted by molar-refractivity contribution is 7.16. The molecule has 0 aromatic carbocycles. The van der Waals surface area contributed by atoms with Crippen LogP contribution < -0.4 is 0 Å². The van der Waals surface area contributed by atoms with Crippen LogP contribution in [-0.4, -0.2) is 19.4 Å². The lowest BCUT2D eigenvalue weighted by molar-refractivity contribution is 1.10.